The summed E-state index contributed by atoms with van der Waals surface area (Å²) in [7, 11) is 1.80. The molecule has 0 unspecified atom stereocenters. The van der Waals surface area contributed by atoms with Crippen molar-refractivity contribution in [3.05, 3.63) is 59.3 Å². The van der Waals surface area contributed by atoms with Crippen LogP contribution in [0.5, 0.6) is 0 Å². The van der Waals surface area contributed by atoms with Gasteiger partial charge in [-0.3, -0.25) is 4.79 Å². The fourth-order valence-electron chi connectivity index (χ4n) is 2.56. The number of nitrogens with zero attached hydrogens (tertiary/aromatic N) is 2. The second kappa shape index (κ2) is 5.64. The monoisotopic (exact) mass is 294 g/mol. The first-order valence-corrected chi connectivity index (χ1v) is 7.24. The van der Waals surface area contributed by atoms with Crippen molar-refractivity contribution in [3.8, 4) is 0 Å². The van der Waals surface area contributed by atoms with Gasteiger partial charge in [-0.05, 0) is 43.2 Å². The average Bonchev–Trinajstić information content (AvgIpc) is 2.92. The van der Waals surface area contributed by atoms with Crippen LogP contribution in [0.3, 0.4) is 0 Å². The largest absolute Gasteiger partial charge is 0.356 e. The van der Waals surface area contributed by atoms with Crippen LogP contribution in [-0.4, -0.2) is 18.1 Å². The smallest absolute Gasteiger partial charge is 0.232 e. The zero-order valence-electron chi connectivity index (χ0n) is 13.0. The zero-order chi connectivity index (χ0) is 15.7. The number of likely N-dealkylation sites (N-methyl/N-ethyl adjacent to an activating group) is 1. The molecule has 1 amide bonds. The number of carbonyl (C=O) groups is 1. The van der Waals surface area contributed by atoms with Crippen LogP contribution in [0.25, 0.3) is 11.0 Å². The Bertz CT molecular complexity index is 836. The summed E-state index contributed by atoms with van der Waals surface area (Å²) < 4.78 is 5.26. The lowest BCUT2D eigenvalue weighted by atomic mass is 10.1. The van der Waals surface area contributed by atoms with Crippen LogP contribution in [-0.2, 0) is 11.2 Å². The maximum Gasteiger partial charge on any atom is 0.232 e. The summed E-state index contributed by atoms with van der Waals surface area (Å²) in [5, 5.41) is 4.92. The van der Waals surface area contributed by atoms with Gasteiger partial charge in [-0.2, -0.15) is 0 Å². The molecule has 0 aliphatic heterocycles. The maximum absolute atomic E-state index is 12.6. The molecule has 3 rings (SSSR count). The predicted octanol–water partition coefficient (Wildman–Crippen LogP) is 3.65. The fraction of sp³-hybridized carbons (Fsp3) is 0.222. The summed E-state index contributed by atoms with van der Waals surface area (Å²) >= 11 is 0. The van der Waals surface area contributed by atoms with E-state index in [0.29, 0.717) is 11.3 Å². The molecule has 0 atom stereocenters. The standard InChI is InChI=1S/C18H18N2O2/c1-12-7-6-9-16(13(12)2)20(3)18(21)11-15-14-8-4-5-10-17(14)22-19-15/h4-10H,11H2,1-3H3. The van der Waals surface area contributed by atoms with Crippen molar-refractivity contribution in [2.45, 2.75) is 20.3 Å². The maximum atomic E-state index is 12.6. The number of fused-ring (bicyclic) bond motifs is 1. The average molecular weight is 294 g/mol. The van der Waals surface area contributed by atoms with E-state index in [1.807, 2.05) is 56.3 Å². The topological polar surface area (TPSA) is 46.3 Å². The van der Waals surface area contributed by atoms with Crippen molar-refractivity contribution in [2.24, 2.45) is 0 Å². The molecule has 0 aliphatic rings. The van der Waals surface area contributed by atoms with E-state index < -0.39 is 0 Å². The predicted molar refractivity (Wildman–Crippen MR) is 87.0 cm³/mol. The van der Waals surface area contributed by atoms with E-state index in [9.17, 15) is 4.79 Å². The van der Waals surface area contributed by atoms with Gasteiger partial charge in [-0.15, -0.1) is 0 Å². The van der Waals surface area contributed by atoms with Gasteiger partial charge in [0.2, 0.25) is 5.91 Å². The van der Waals surface area contributed by atoms with Crippen molar-refractivity contribution in [3.63, 3.8) is 0 Å². The SMILES string of the molecule is Cc1cccc(N(C)C(=O)Cc2noc3ccccc23)c1C. The fourth-order valence-corrected chi connectivity index (χ4v) is 2.56. The van der Waals surface area contributed by atoms with Crippen LogP contribution >= 0.6 is 0 Å². The van der Waals surface area contributed by atoms with Crippen molar-refractivity contribution in [2.75, 3.05) is 11.9 Å². The molecule has 1 heterocycles. The number of carbonyl (C=O) groups excluding carboxylic acids is 1. The highest BCUT2D eigenvalue weighted by molar-refractivity contribution is 5.96. The number of hydrogen-bond donors (Lipinski definition) is 0. The van der Waals surface area contributed by atoms with E-state index in [-0.39, 0.29) is 12.3 Å². The number of aromatic nitrogens is 1. The molecule has 0 aliphatic carbocycles. The molecule has 0 spiro atoms. The minimum Gasteiger partial charge on any atom is -0.356 e. The number of aryl methyl sites for hydroxylation is 1. The molecule has 0 N–H and O–H groups in total. The zero-order valence-corrected chi connectivity index (χ0v) is 13.0. The minimum atomic E-state index is -0.00671. The molecule has 0 bridgehead atoms. The Morgan fingerprint density at radius 1 is 1.14 bits per heavy atom. The van der Waals surface area contributed by atoms with Gasteiger partial charge in [-0.1, -0.05) is 29.4 Å². The number of benzene rings is 2. The second-order valence-electron chi connectivity index (χ2n) is 5.47. The number of amides is 1. The Hall–Kier alpha value is -2.62. The molecule has 0 saturated carbocycles. The number of hydrogen-bond acceptors (Lipinski definition) is 3. The summed E-state index contributed by atoms with van der Waals surface area (Å²) in [5.41, 5.74) is 4.60. The van der Waals surface area contributed by atoms with Crippen LogP contribution in [0.1, 0.15) is 16.8 Å². The van der Waals surface area contributed by atoms with E-state index in [4.69, 9.17) is 4.52 Å². The molecule has 2 aromatic carbocycles. The quantitative estimate of drug-likeness (QED) is 0.740. The van der Waals surface area contributed by atoms with Gasteiger partial charge in [0.05, 0.1) is 6.42 Å². The number of rotatable bonds is 3. The third kappa shape index (κ3) is 2.48. The number of anilines is 1. The van der Waals surface area contributed by atoms with Gasteiger partial charge >= 0.3 is 0 Å². The molecule has 0 saturated heterocycles. The summed E-state index contributed by atoms with van der Waals surface area (Å²) in [6.07, 6.45) is 0.223. The van der Waals surface area contributed by atoms with Crippen molar-refractivity contribution >= 4 is 22.6 Å². The van der Waals surface area contributed by atoms with E-state index in [2.05, 4.69) is 5.16 Å². The van der Waals surface area contributed by atoms with Gasteiger partial charge in [0.15, 0.2) is 5.58 Å². The van der Waals surface area contributed by atoms with E-state index in [1.54, 1.807) is 11.9 Å². The third-order valence-corrected chi connectivity index (χ3v) is 4.08. The Morgan fingerprint density at radius 2 is 1.91 bits per heavy atom. The summed E-state index contributed by atoms with van der Waals surface area (Å²) in [6, 6.07) is 13.6. The van der Waals surface area contributed by atoms with Crippen molar-refractivity contribution in [1.82, 2.24) is 5.16 Å². The van der Waals surface area contributed by atoms with Crippen LogP contribution in [0.15, 0.2) is 47.0 Å². The molecule has 3 aromatic rings. The minimum absolute atomic E-state index is 0.00671. The highest BCUT2D eigenvalue weighted by atomic mass is 16.5. The lowest BCUT2D eigenvalue weighted by Crippen LogP contribution is -2.28. The molecular formula is C18H18N2O2. The van der Waals surface area contributed by atoms with Crippen LogP contribution in [0.4, 0.5) is 5.69 Å². The first-order valence-electron chi connectivity index (χ1n) is 7.24. The highest BCUT2D eigenvalue weighted by Crippen LogP contribution is 2.23. The molecule has 0 radical (unpaired) electrons. The van der Waals surface area contributed by atoms with Gasteiger partial charge in [-0.25, -0.2) is 0 Å². The lowest BCUT2D eigenvalue weighted by Gasteiger charge is -2.20. The highest BCUT2D eigenvalue weighted by Gasteiger charge is 2.17. The summed E-state index contributed by atoms with van der Waals surface area (Å²) in [4.78, 5) is 14.2. The molecule has 4 heteroatoms. The van der Waals surface area contributed by atoms with Gasteiger partial charge in [0, 0.05) is 18.1 Å². The number of para-hydroxylation sites is 1. The first-order chi connectivity index (χ1) is 10.6. The third-order valence-electron chi connectivity index (χ3n) is 4.08. The van der Waals surface area contributed by atoms with Crippen LogP contribution in [0, 0.1) is 13.8 Å². The van der Waals surface area contributed by atoms with Crippen LogP contribution < -0.4 is 4.90 Å². The van der Waals surface area contributed by atoms with Gasteiger partial charge < -0.3 is 9.42 Å². The summed E-state index contributed by atoms with van der Waals surface area (Å²) in [5.74, 6) is -0.00671. The normalized spacial score (nSPS) is 10.9. The molecule has 4 nitrogen and oxygen atoms in total. The molecular weight excluding hydrogens is 276 g/mol. The van der Waals surface area contributed by atoms with E-state index in [0.717, 1.165) is 16.6 Å². The van der Waals surface area contributed by atoms with Gasteiger partial charge in [0.25, 0.3) is 0 Å². The second-order valence-corrected chi connectivity index (χ2v) is 5.47. The first kappa shape index (κ1) is 14.3. The Labute approximate surface area is 129 Å². The van der Waals surface area contributed by atoms with Crippen molar-refractivity contribution < 1.29 is 9.32 Å². The molecule has 1 aromatic heterocycles. The van der Waals surface area contributed by atoms with Crippen molar-refractivity contribution in [1.29, 1.82) is 0 Å². The van der Waals surface area contributed by atoms with Gasteiger partial charge in [0.1, 0.15) is 5.69 Å². The molecule has 0 fully saturated rings. The van der Waals surface area contributed by atoms with Crippen LogP contribution in [0.2, 0.25) is 0 Å². The molecule has 22 heavy (non-hydrogen) atoms. The lowest BCUT2D eigenvalue weighted by molar-refractivity contribution is -0.117. The van der Waals surface area contributed by atoms with E-state index in [1.165, 1.54) is 5.56 Å². The Morgan fingerprint density at radius 3 is 2.73 bits per heavy atom. The summed E-state index contributed by atoms with van der Waals surface area (Å²) in [6.45, 7) is 4.07. The Kier molecular flexibility index (Phi) is 3.67. The van der Waals surface area contributed by atoms with E-state index >= 15 is 0 Å². The Balaban J connectivity index is 1.86. The molecule has 112 valence electrons.